The number of rotatable bonds is 36. The number of aliphatic hydroxyl groups excluding tert-OH is 3. The summed E-state index contributed by atoms with van der Waals surface area (Å²) in [6.45, 7) is 4.78. The number of nitrogens with zero attached hydrogens (tertiary/aromatic N) is 15. The first-order chi connectivity index (χ1) is 60.2. The Balaban J connectivity index is 0.000000201. The van der Waals surface area contributed by atoms with E-state index in [1.54, 1.807) is 41.5 Å². The van der Waals surface area contributed by atoms with E-state index in [1.165, 1.54) is 117 Å². The van der Waals surface area contributed by atoms with Crippen LogP contribution >= 0.6 is 54.3 Å². The van der Waals surface area contributed by atoms with Crippen molar-refractivity contribution in [3.8, 4) is 17.6 Å². The predicted octanol–water partition coefficient (Wildman–Crippen LogP) is 0.657. The van der Waals surface area contributed by atoms with Crippen LogP contribution in [0.2, 0.25) is 0 Å². The predicted molar refractivity (Wildman–Crippen MR) is 458 cm³/mol. The maximum atomic E-state index is 14.0. The first-order valence-corrected chi connectivity index (χ1v) is 49.7. The van der Waals surface area contributed by atoms with E-state index in [2.05, 4.69) is 60.1 Å². The molecule has 6 aliphatic rings. The molecule has 57 heteroatoms. The van der Waals surface area contributed by atoms with Gasteiger partial charge in [0.1, 0.15) is 71.6 Å². The highest BCUT2D eigenvalue weighted by Gasteiger charge is 2.58. The van der Waals surface area contributed by atoms with Crippen LogP contribution in [0.5, 0.6) is 17.6 Å². The van der Waals surface area contributed by atoms with Crippen LogP contribution in [0.3, 0.4) is 0 Å². The normalized spacial score (nSPS) is 28.1. The molecule has 0 radical (unpaired) electrons. The van der Waals surface area contributed by atoms with Gasteiger partial charge >= 0.3 is 38.1 Å². The van der Waals surface area contributed by atoms with Gasteiger partial charge in [-0.15, -0.1) is 0 Å². The number of methoxy groups -OCH3 is 3. The molecule has 6 saturated heterocycles. The van der Waals surface area contributed by atoms with E-state index >= 15 is 0 Å². The van der Waals surface area contributed by atoms with Crippen molar-refractivity contribution in [1.82, 2.24) is 88.5 Å². The number of carbonyl (C=O) groups excluding carboxylic acids is 9. The lowest BCUT2D eigenvalue weighted by Crippen LogP contribution is -2.44. The number of likely N-dealkylation sites (tertiary alicyclic amines) is 3. The van der Waals surface area contributed by atoms with Gasteiger partial charge in [0, 0.05) is 57.7 Å². The number of nitrogens with two attached hydrogens (primary N) is 3. The monoisotopic (exact) mass is 1940 g/mol. The minimum atomic E-state index is -4.01. The SMILES string of the molecule is COc1nc(N)nc2c1ncn2C1O[C@H](COP(=O)(N[C@@H](C)C(=O)OC(C)C)SCC2CC(=O)N(C)C2=O)[C@@H](O)[C@@]1(C)O.COc1nc(N)nc2c1ncn2C1O[C@H](CO[P@@](=O)(N[C@H](C)C(=O)OC(C)C)SCC2CC(=O)N(C)C2=O)[C@@H](O)[C@@]1(C)O.COc1nc(N)nc2c1ncn2C1O[C@H](CO[P@](=O)(N[C@H](C)C(=O)OC(C)C)SCC2CC(=O)N(C)C2=O)[C@@H](O)[C@@]1(C)O. The standard InChI is InChI=1S/3C24H36N7O10PS/c3*1-11(2)40-21(35)12(3)29-42(37,43-9-13-7-15(32)30(5)20(13)34)39-8-14-17(33)24(4,36)22(41-14)31-10-26-16-18(31)27-23(25)28-19(16)38-6/h3*10-14,17,22,33,36H,7-9H2,1-6H3,(H,29,37)(H2,25,27,28)/t12-,13?,14+,17+,22?,24+,42?;12-,13?,14-,17-,22?,24-,42+;12-,13?,14-,17-,22?,24-,42-/m011/s1. The van der Waals surface area contributed by atoms with Crippen molar-refractivity contribution in [3.63, 3.8) is 0 Å². The van der Waals surface area contributed by atoms with Crippen molar-refractivity contribution < 1.29 is 144 Å². The molecule has 0 spiro atoms. The fourth-order valence-electron chi connectivity index (χ4n) is 14.0. The fourth-order valence-corrected chi connectivity index (χ4v) is 26.0. The van der Waals surface area contributed by atoms with Crippen LogP contribution in [-0.4, -0.2) is 327 Å². The van der Waals surface area contributed by atoms with Crippen molar-refractivity contribution >= 4 is 159 Å². The van der Waals surface area contributed by atoms with Gasteiger partial charge in [-0.25, -0.2) is 30.2 Å². The summed E-state index contributed by atoms with van der Waals surface area (Å²) < 4.78 is 113. The van der Waals surface area contributed by atoms with Crippen LogP contribution in [0.4, 0.5) is 17.8 Å². The van der Waals surface area contributed by atoms with Gasteiger partial charge in [0.2, 0.25) is 70.9 Å². The Labute approximate surface area is 749 Å². The number of nitrogens with one attached hydrogen (secondary N) is 3. The molecule has 6 aromatic heterocycles. The minimum absolute atomic E-state index is 0.0520. The zero-order chi connectivity index (χ0) is 95.6. The lowest BCUT2D eigenvalue weighted by atomic mass is 9.96. The number of hydrogen-bond donors (Lipinski definition) is 12. The second kappa shape index (κ2) is 41.3. The van der Waals surface area contributed by atoms with Crippen molar-refractivity contribution in [1.29, 1.82) is 0 Å². The van der Waals surface area contributed by atoms with Gasteiger partial charge in [0.15, 0.2) is 52.2 Å². The number of imide groups is 3. The molecule has 0 saturated carbocycles. The van der Waals surface area contributed by atoms with E-state index in [0.717, 1.165) is 48.8 Å². The van der Waals surface area contributed by atoms with Crippen molar-refractivity contribution in [2.24, 2.45) is 17.8 Å². The van der Waals surface area contributed by atoms with Gasteiger partial charge in [-0.3, -0.25) is 85.2 Å². The molecular weight excluding hydrogens is 1830 g/mol. The highest BCUT2D eigenvalue weighted by molar-refractivity contribution is 8.56. The van der Waals surface area contributed by atoms with Crippen molar-refractivity contribution in [2.45, 2.75) is 211 Å². The van der Waals surface area contributed by atoms with Crippen molar-refractivity contribution in [3.05, 3.63) is 19.0 Å². The van der Waals surface area contributed by atoms with E-state index in [-0.39, 0.29) is 123 Å². The molecule has 15 N–H and O–H groups in total. The Morgan fingerprint density at radius 3 is 0.884 bits per heavy atom. The number of carbonyl (C=O) groups is 9. The number of esters is 3. The Kier molecular flexibility index (Phi) is 32.8. The van der Waals surface area contributed by atoms with Gasteiger partial charge in [-0.1, -0.05) is 34.1 Å². The van der Waals surface area contributed by atoms with Crippen LogP contribution in [0.15, 0.2) is 19.0 Å². The molecule has 21 atom stereocenters. The van der Waals surface area contributed by atoms with Gasteiger partial charge in [-0.2, -0.15) is 29.9 Å². The van der Waals surface area contributed by atoms with Crippen LogP contribution in [0, 0.1) is 17.8 Å². The maximum Gasteiger partial charge on any atom is 0.327 e. The largest absolute Gasteiger partial charge is 0.479 e. The van der Waals surface area contributed by atoms with Crippen molar-refractivity contribution in [2.75, 3.05) is 96.8 Å². The second-order valence-corrected chi connectivity index (χ2v) is 45.1. The molecule has 6 aliphatic heterocycles. The summed E-state index contributed by atoms with van der Waals surface area (Å²) >= 11 is 2.22. The number of hydrogen-bond acceptors (Lipinski definition) is 45. The van der Waals surface area contributed by atoms with Gasteiger partial charge < -0.3 is 104 Å². The van der Waals surface area contributed by atoms with Crippen LogP contribution in [-0.2, 0) is 98.8 Å². The summed E-state index contributed by atoms with van der Waals surface area (Å²) in [5, 5.41) is 74.8. The molecule has 7 unspecified atom stereocenters. The quantitative estimate of drug-likeness (QED) is 0.0111. The molecule has 12 rings (SSSR count). The second-order valence-electron chi connectivity index (χ2n) is 32.2. The third-order valence-electron chi connectivity index (χ3n) is 21.0. The highest BCUT2D eigenvalue weighted by atomic mass is 32.7. The first kappa shape index (κ1) is 103. The zero-order valence-electron chi connectivity index (χ0n) is 73.5. The Morgan fingerprint density at radius 1 is 0.450 bits per heavy atom. The molecule has 0 aliphatic carbocycles. The third-order valence-corrected chi connectivity index (χ3v) is 33.5. The minimum Gasteiger partial charge on any atom is -0.479 e. The van der Waals surface area contributed by atoms with E-state index in [0.29, 0.717) is 0 Å². The number of ether oxygens (including phenoxy) is 9. The molecule has 0 bridgehead atoms. The fraction of sp³-hybridized carbons (Fsp3) is 0.667. The average molecular weight is 1940 g/mol. The summed E-state index contributed by atoms with van der Waals surface area (Å²) in [6, 6.07) is -3.23. The Morgan fingerprint density at radius 2 is 0.682 bits per heavy atom. The number of nitrogen functional groups attached to an aromatic ring is 3. The van der Waals surface area contributed by atoms with Gasteiger partial charge in [0.05, 0.1) is 96.2 Å². The molecule has 0 aromatic carbocycles. The molecular formula is C72H108N21O30P3S3. The number of amides is 6. The van der Waals surface area contributed by atoms with Crippen LogP contribution in [0.1, 0.15) is 121 Å². The third kappa shape index (κ3) is 23.0. The van der Waals surface area contributed by atoms with E-state index in [1.807, 2.05) is 0 Å². The molecule has 129 heavy (non-hydrogen) atoms. The number of aliphatic hydroxyl groups is 6. The summed E-state index contributed by atoms with van der Waals surface area (Å²) in [7, 11) is 8.25. The number of imidazole rings is 3. The number of aromatic nitrogens is 12. The molecule has 714 valence electrons. The number of anilines is 3. The Bertz CT molecular complexity index is 4820. The van der Waals surface area contributed by atoms with Gasteiger partial charge in [0.25, 0.3) is 0 Å². The summed E-state index contributed by atoms with van der Waals surface area (Å²) in [5.74, 6) is -6.82. The average Bonchev–Trinajstić information content (AvgIpc) is 1.60. The summed E-state index contributed by atoms with van der Waals surface area (Å²) in [6.07, 6.45) is -9.48. The molecule has 6 aromatic rings. The van der Waals surface area contributed by atoms with Gasteiger partial charge in [-0.05, 0) is 83.1 Å². The molecule has 6 amide bonds. The summed E-state index contributed by atoms with van der Waals surface area (Å²) in [4.78, 5) is 151. The van der Waals surface area contributed by atoms with E-state index < -0.39 is 202 Å². The lowest BCUT2D eigenvalue weighted by molar-refractivity contribution is -0.149. The van der Waals surface area contributed by atoms with Crippen LogP contribution in [0.25, 0.3) is 33.5 Å². The smallest absolute Gasteiger partial charge is 0.327 e. The highest BCUT2D eigenvalue weighted by Crippen LogP contribution is 2.61. The maximum absolute atomic E-state index is 14.0. The lowest BCUT2D eigenvalue weighted by Gasteiger charge is -2.27. The van der Waals surface area contributed by atoms with E-state index in [4.69, 9.17) is 73.4 Å². The molecule has 6 fully saturated rings. The number of fused-ring (bicyclic) bond motifs is 3. The topological polar surface area (TPSA) is 692 Å². The summed E-state index contributed by atoms with van der Waals surface area (Å²) in [5.41, 5.74) is 12.9. The Hall–Kier alpha value is -8.58. The first-order valence-electron chi connectivity index (χ1n) is 40.1. The zero-order valence-corrected chi connectivity index (χ0v) is 78.6. The van der Waals surface area contributed by atoms with E-state index in [9.17, 15) is 87.5 Å². The molecule has 51 nitrogen and oxygen atoms in total. The van der Waals surface area contributed by atoms with Crippen LogP contribution < -0.4 is 46.7 Å². The molecule has 12 heterocycles.